The van der Waals surface area contributed by atoms with Gasteiger partial charge in [0.15, 0.2) is 0 Å². The highest BCUT2D eigenvalue weighted by atomic mass is 16.5. The van der Waals surface area contributed by atoms with Crippen molar-refractivity contribution in [3.63, 3.8) is 0 Å². The zero-order chi connectivity index (χ0) is 16.8. The first-order chi connectivity index (χ1) is 11.7. The van der Waals surface area contributed by atoms with Crippen LogP contribution in [0.15, 0.2) is 42.7 Å². The number of nitrogens with one attached hydrogen (secondary N) is 2. The monoisotopic (exact) mass is 328 g/mol. The molecule has 1 aromatic carbocycles. The largest absolute Gasteiger partial charge is 0.384 e. The van der Waals surface area contributed by atoms with E-state index < -0.39 is 0 Å². The van der Waals surface area contributed by atoms with Gasteiger partial charge in [-0.3, -0.25) is 4.79 Å². The van der Waals surface area contributed by atoms with Gasteiger partial charge in [-0.05, 0) is 38.1 Å². The second kappa shape index (κ2) is 7.59. The molecule has 0 spiro atoms. The average molecular weight is 328 g/mol. The second-order valence-corrected chi connectivity index (χ2v) is 6.37. The first kappa shape index (κ1) is 16.7. The first-order valence-corrected chi connectivity index (χ1v) is 8.30. The van der Waals surface area contributed by atoms with Gasteiger partial charge in [-0.2, -0.15) is 5.10 Å². The summed E-state index contributed by atoms with van der Waals surface area (Å²) < 4.78 is 7.10. The Bertz CT molecular complexity index is 657. The first-order valence-electron chi connectivity index (χ1n) is 8.30. The summed E-state index contributed by atoms with van der Waals surface area (Å²) in [4.78, 5) is 12.5. The number of amides is 1. The molecule has 1 aliphatic rings. The molecule has 0 unspecified atom stereocenters. The van der Waals surface area contributed by atoms with E-state index in [1.165, 1.54) is 0 Å². The Morgan fingerprint density at radius 3 is 2.79 bits per heavy atom. The molecule has 24 heavy (non-hydrogen) atoms. The lowest BCUT2D eigenvalue weighted by atomic mass is 9.79. The Morgan fingerprint density at radius 1 is 1.33 bits per heavy atom. The van der Waals surface area contributed by atoms with Crippen molar-refractivity contribution in [2.75, 3.05) is 33.4 Å². The number of rotatable bonds is 6. The highest BCUT2D eigenvalue weighted by Crippen LogP contribution is 2.28. The predicted molar refractivity (Wildman–Crippen MR) is 92.3 cm³/mol. The molecule has 1 amide bonds. The van der Waals surface area contributed by atoms with Crippen LogP contribution in [0.1, 0.15) is 23.2 Å². The summed E-state index contributed by atoms with van der Waals surface area (Å²) in [6, 6.07) is 9.76. The third-order valence-corrected chi connectivity index (χ3v) is 4.60. The van der Waals surface area contributed by atoms with Crippen LogP contribution < -0.4 is 10.6 Å². The van der Waals surface area contributed by atoms with Gasteiger partial charge < -0.3 is 15.4 Å². The molecule has 0 saturated carbocycles. The number of hydrogen-bond acceptors (Lipinski definition) is 4. The summed E-state index contributed by atoms with van der Waals surface area (Å²) in [5, 5.41) is 10.7. The predicted octanol–water partition coefficient (Wildman–Crippen LogP) is 1.62. The van der Waals surface area contributed by atoms with E-state index in [0.717, 1.165) is 31.6 Å². The molecule has 1 fully saturated rings. The number of benzene rings is 1. The standard InChI is InChI=1S/C18H24N4O2/c1-24-14-18(7-9-19-10-8-18)13-20-17(23)15-11-21-22(12-15)16-5-3-2-4-6-16/h2-6,11-12,19H,7-10,13-14H2,1H3,(H,20,23). The molecule has 128 valence electrons. The fourth-order valence-corrected chi connectivity index (χ4v) is 3.17. The maximum absolute atomic E-state index is 12.5. The maximum Gasteiger partial charge on any atom is 0.254 e. The number of hydrogen-bond donors (Lipinski definition) is 2. The van der Waals surface area contributed by atoms with Crippen molar-refractivity contribution in [2.24, 2.45) is 5.41 Å². The lowest BCUT2D eigenvalue weighted by Gasteiger charge is -2.37. The maximum atomic E-state index is 12.5. The van der Waals surface area contributed by atoms with Crippen LogP contribution in [-0.4, -0.2) is 49.0 Å². The van der Waals surface area contributed by atoms with Gasteiger partial charge >= 0.3 is 0 Å². The van der Waals surface area contributed by atoms with E-state index in [9.17, 15) is 4.79 Å². The topological polar surface area (TPSA) is 68.2 Å². The molecular formula is C18H24N4O2. The number of carbonyl (C=O) groups is 1. The van der Waals surface area contributed by atoms with Gasteiger partial charge in [-0.1, -0.05) is 18.2 Å². The molecular weight excluding hydrogens is 304 g/mol. The van der Waals surface area contributed by atoms with Gasteiger partial charge in [0.2, 0.25) is 0 Å². The van der Waals surface area contributed by atoms with E-state index >= 15 is 0 Å². The van der Waals surface area contributed by atoms with E-state index in [1.807, 2.05) is 30.3 Å². The Morgan fingerprint density at radius 2 is 2.08 bits per heavy atom. The molecule has 0 bridgehead atoms. The van der Waals surface area contributed by atoms with Crippen molar-refractivity contribution >= 4 is 5.91 Å². The number of piperidine rings is 1. The van der Waals surface area contributed by atoms with Crippen LogP contribution in [0.5, 0.6) is 0 Å². The summed E-state index contributed by atoms with van der Waals surface area (Å²) in [5.74, 6) is -0.0915. The highest BCUT2D eigenvalue weighted by molar-refractivity contribution is 5.93. The van der Waals surface area contributed by atoms with E-state index in [2.05, 4.69) is 15.7 Å². The van der Waals surface area contributed by atoms with Crippen LogP contribution in [0.3, 0.4) is 0 Å². The van der Waals surface area contributed by atoms with Crippen molar-refractivity contribution < 1.29 is 9.53 Å². The Labute approximate surface area is 142 Å². The summed E-state index contributed by atoms with van der Waals surface area (Å²) in [6.07, 6.45) is 5.37. The van der Waals surface area contributed by atoms with E-state index in [-0.39, 0.29) is 11.3 Å². The number of methoxy groups -OCH3 is 1. The Kier molecular flexibility index (Phi) is 5.27. The fourth-order valence-electron chi connectivity index (χ4n) is 3.17. The molecule has 6 nitrogen and oxygen atoms in total. The molecule has 1 aromatic heterocycles. The van der Waals surface area contributed by atoms with Crippen molar-refractivity contribution in [3.05, 3.63) is 48.3 Å². The van der Waals surface area contributed by atoms with Gasteiger partial charge in [0.25, 0.3) is 5.91 Å². The van der Waals surface area contributed by atoms with E-state index in [1.54, 1.807) is 24.2 Å². The highest BCUT2D eigenvalue weighted by Gasteiger charge is 2.32. The van der Waals surface area contributed by atoms with Crippen LogP contribution in [0.4, 0.5) is 0 Å². The average Bonchev–Trinajstić information content (AvgIpc) is 3.12. The smallest absolute Gasteiger partial charge is 0.254 e. The SMILES string of the molecule is COCC1(CNC(=O)c2cnn(-c3ccccc3)c2)CCNCC1. The van der Waals surface area contributed by atoms with Crippen molar-refractivity contribution in [1.29, 1.82) is 0 Å². The zero-order valence-electron chi connectivity index (χ0n) is 14.0. The van der Waals surface area contributed by atoms with Gasteiger partial charge in [-0.25, -0.2) is 4.68 Å². The van der Waals surface area contributed by atoms with Gasteiger partial charge in [0.1, 0.15) is 0 Å². The van der Waals surface area contributed by atoms with Crippen LogP contribution in [0, 0.1) is 5.41 Å². The second-order valence-electron chi connectivity index (χ2n) is 6.37. The normalized spacial score (nSPS) is 16.7. The van der Waals surface area contributed by atoms with Crippen LogP contribution in [0.2, 0.25) is 0 Å². The minimum absolute atomic E-state index is 0.0189. The zero-order valence-corrected chi connectivity index (χ0v) is 14.0. The summed E-state index contributed by atoms with van der Waals surface area (Å²) in [5.41, 5.74) is 1.52. The van der Waals surface area contributed by atoms with Gasteiger partial charge in [0, 0.05) is 25.3 Å². The van der Waals surface area contributed by atoms with Crippen molar-refractivity contribution in [1.82, 2.24) is 20.4 Å². The quantitative estimate of drug-likeness (QED) is 0.845. The minimum atomic E-state index is -0.0915. The number of para-hydroxylation sites is 1. The number of ether oxygens (including phenoxy) is 1. The summed E-state index contributed by atoms with van der Waals surface area (Å²) >= 11 is 0. The van der Waals surface area contributed by atoms with Crippen LogP contribution >= 0.6 is 0 Å². The fraction of sp³-hybridized carbons (Fsp3) is 0.444. The molecule has 0 atom stereocenters. The summed E-state index contributed by atoms with van der Waals surface area (Å²) in [7, 11) is 1.72. The molecule has 2 aromatic rings. The molecule has 0 radical (unpaired) electrons. The molecule has 2 heterocycles. The molecule has 0 aliphatic carbocycles. The Balaban J connectivity index is 1.63. The molecule has 1 saturated heterocycles. The number of carbonyl (C=O) groups excluding carboxylic acids is 1. The lowest BCUT2D eigenvalue weighted by molar-refractivity contribution is 0.0512. The van der Waals surface area contributed by atoms with Gasteiger partial charge in [-0.15, -0.1) is 0 Å². The molecule has 1 aliphatic heterocycles. The third kappa shape index (κ3) is 3.83. The Hall–Kier alpha value is -2.18. The third-order valence-electron chi connectivity index (χ3n) is 4.60. The van der Waals surface area contributed by atoms with E-state index in [0.29, 0.717) is 18.7 Å². The lowest BCUT2D eigenvalue weighted by Crippen LogP contribution is -2.47. The van der Waals surface area contributed by atoms with E-state index in [4.69, 9.17) is 4.74 Å². The molecule has 6 heteroatoms. The molecule has 3 rings (SSSR count). The number of nitrogens with zero attached hydrogens (tertiary/aromatic N) is 2. The van der Waals surface area contributed by atoms with Gasteiger partial charge in [0.05, 0.1) is 24.1 Å². The van der Waals surface area contributed by atoms with Crippen LogP contribution in [-0.2, 0) is 4.74 Å². The van der Waals surface area contributed by atoms with Crippen molar-refractivity contribution in [3.8, 4) is 5.69 Å². The van der Waals surface area contributed by atoms with Crippen LogP contribution in [0.25, 0.3) is 5.69 Å². The molecule has 2 N–H and O–H groups in total. The number of aromatic nitrogens is 2. The minimum Gasteiger partial charge on any atom is -0.384 e. The van der Waals surface area contributed by atoms with Crippen molar-refractivity contribution in [2.45, 2.75) is 12.8 Å². The summed E-state index contributed by atoms with van der Waals surface area (Å²) in [6.45, 7) is 3.21.